The number of aromatic nitrogens is 3. The lowest BCUT2D eigenvalue weighted by Gasteiger charge is -2.00. The van der Waals surface area contributed by atoms with Crippen molar-refractivity contribution < 1.29 is 0 Å². The van der Waals surface area contributed by atoms with Crippen LogP contribution >= 0.6 is 15.9 Å². The van der Waals surface area contributed by atoms with Crippen LogP contribution in [0.15, 0.2) is 29.1 Å². The van der Waals surface area contributed by atoms with Crippen molar-refractivity contribution in [3.05, 3.63) is 34.8 Å². The summed E-state index contributed by atoms with van der Waals surface area (Å²) in [5.74, 6) is 0. The number of pyridine rings is 1. The van der Waals surface area contributed by atoms with E-state index < -0.39 is 0 Å². The van der Waals surface area contributed by atoms with Crippen LogP contribution in [0.2, 0.25) is 0 Å². The van der Waals surface area contributed by atoms with Crippen LogP contribution in [0.25, 0.3) is 11.4 Å². The zero-order chi connectivity index (χ0) is 10.7. The van der Waals surface area contributed by atoms with Crippen LogP contribution in [0.1, 0.15) is 5.69 Å². The molecule has 2 heterocycles. The third-order valence-corrected chi connectivity index (χ3v) is 2.39. The second kappa shape index (κ2) is 4.55. The maximum absolute atomic E-state index is 4.36. The Morgan fingerprint density at radius 2 is 2.33 bits per heavy atom. The average Bonchev–Trinajstić information content (AvgIpc) is 2.62. The molecule has 0 atom stereocenters. The van der Waals surface area contributed by atoms with Crippen molar-refractivity contribution in [3.63, 3.8) is 0 Å². The smallest absolute Gasteiger partial charge is 0.175 e. The van der Waals surface area contributed by atoms with Gasteiger partial charge in [-0.1, -0.05) is 6.07 Å². The van der Waals surface area contributed by atoms with E-state index in [1.54, 1.807) is 6.20 Å². The maximum atomic E-state index is 4.36. The average molecular weight is 267 g/mol. The van der Waals surface area contributed by atoms with Crippen molar-refractivity contribution in [2.24, 2.45) is 0 Å². The Morgan fingerprint density at radius 1 is 1.47 bits per heavy atom. The van der Waals surface area contributed by atoms with E-state index in [-0.39, 0.29) is 0 Å². The second-order valence-electron chi connectivity index (χ2n) is 3.10. The Balaban J connectivity index is 2.43. The summed E-state index contributed by atoms with van der Waals surface area (Å²) >= 11 is 3.33. The first-order valence-electron chi connectivity index (χ1n) is 4.61. The zero-order valence-electron chi connectivity index (χ0n) is 8.29. The van der Waals surface area contributed by atoms with Gasteiger partial charge in [0.15, 0.2) is 4.73 Å². The normalized spacial score (nSPS) is 10.5. The number of hydrogen-bond acceptors (Lipinski definition) is 3. The highest BCUT2D eigenvalue weighted by Crippen LogP contribution is 2.21. The Morgan fingerprint density at radius 3 is 3.00 bits per heavy atom. The molecule has 0 aromatic carbocycles. The van der Waals surface area contributed by atoms with E-state index in [0.717, 1.165) is 28.4 Å². The van der Waals surface area contributed by atoms with Crippen LogP contribution < -0.4 is 5.32 Å². The summed E-state index contributed by atoms with van der Waals surface area (Å²) in [5, 5.41) is 3.09. The molecule has 2 aromatic rings. The van der Waals surface area contributed by atoms with Gasteiger partial charge in [0.05, 0.1) is 11.4 Å². The molecule has 0 radical (unpaired) electrons. The summed E-state index contributed by atoms with van der Waals surface area (Å²) in [6, 6.07) is 5.79. The third kappa shape index (κ3) is 2.24. The summed E-state index contributed by atoms with van der Waals surface area (Å²) < 4.78 is 0.730. The first kappa shape index (κ1) is 10.3. The monoisotopic (exact) mass is 266 g/mol. The van der Waals surface area contributed by atoms with Gasteiger partial charge < -0.3 is 10.3 Å². The minimum atomic E-state index is 0.730. The van der Waals surface area contributed by atoms with Gasteiger partial charge in [-0.05, 0) is 35.1 Å². The summed E-state index contributed by atoms with van der Waals surface area (Å²) in [7, 11) is 1.90. The molecule has 0 fully saturated rings. The number of nitrogens with zero attached hydrogens (tertiary/aromatic N) is 2. The molecule has 0 aliphatic carbocycles. The van der Waals surface area contributed by atoms with Crippen LogP contribution in [0.3, 0.4) is 0 Å². The number of halogens is 1. The molecular weight excluding hydrogens is 256 g/mol. The number of rotatable bonds is 3. The fourth-order valence-corrected chi connectivity index (χ4v) is 1.81. The first-order valence-corrected chi connectivity index (χ1v) is 5.41. The predicted molar refractivity (Wildman–Crippen MR) is 62.3 cm³/mol. The van der Waals surface area contributed by atoms with Gasteiger partial charge >= 0.3 is 0 Å². The van der Waals surface area contributed by atoms with Crippen molar-refractivity contribution in [1.82, 2.24) is 20.3 Å². The Hall–Kier alpha value is -1.20. The summed E-state index contributed by atoms with van der Waals surface area (Å²) in [6.45, 7) is 0.741. The molecule has 0 spiro atoms. The molecule has 0 aliphatic rings. The molecule has 78 valence electrons. The van der Waals surface area contributed by atoms with Gasteiger partial charge in [-0.15, -0.1) is 0 Å². The molecule has 2 rings (SSSR count). The van der Waals surface area contributed by atoms with Crippen LogP contribution in [-0.4, -0.2) is 22.0 Å². The molecular formula is C10H11BrN4. The van der Waals surface area contributed by atoms with Crippen molar-refractivity contribution >= 4 is 15.9 Å². The third-order valence-electron chi connectivity index (χ3n) is 2.01. The van der Waals surface area contributed by atoms with Gasteiger partial charge in [-0.2, -0.15) is 0 Å². The highest BCUT2D eigenvalue weighted by molar-refractivity contribution is 9.10. The summed E-state index contributed by atoms with van der Waals surface area (Å²) in [4.78, 5) is 11.8. The van der Waals surface area contributed by atoms with E-state index in [1.165, 1.54) is 0 Å². The Kier molecular flexibility index (Phi) is 3.13. The fourth-order valence-electron chi connectivity index (χ4n) is 1.40. The lowest BCUT2D eigenvalue weighted by molar-refractivity contribution is 0.797. The van der Waals surface area contributed by atoms with Gasteiger partial charge in [-0.3, -0.25) is 4.98 Å². The second-order valence-corrected chi connectivity index (χ2v) is 3.85. The molecule has 5 heteroatoms. The predicted octanol–water partition coefficient (Wildman–Crippen LogP) is 1.95. The van der Waals surface area contributed by atoms with Crippen LogP contribution in [0.4, 0.5) is 0 Å². The number of hydrogen-bond donors (Lipinski definition) is 2. The number of aromatic amines is 1. The molecule has 0 amide bonds. The van der Waals surface area contributed by atoms with Gasteiger partial charge in [0.1, 0.15) is 5.69 Å². The molecule has 2 N–H and O–H groups in total. The fraction of sp³-hybridized carbons (Fsp3) is 0.200. The van der Waals surface area contributed by atoms with Gasteiger partial charge in [0.2, 0.25) is 0 Å². The van der Waals surface area contributed by atoms with E-state index in [1.807, 2.05) is 25.2 Å². The minimum absolute atomic E-state index is 0.730. The minimum Gasteiger partial charge on any atom is -0.335 e. The molecule has 4 nitrogen and oxygen atoms in total. The zero-order valence-corrected chi connectivity index (χ0v) is 9.87. The van der Waals surface area contributed by atoms with E-state index in [4.69, 9.17) is 0 Å². The van der Waals surface area contributed by atoms with Crippen molar-refractivity contribution in [3.8, 4) is 11.4 Å². The van der Waals surface area contributed by atoms with E-state index in [2.05, 4.69) is 36.2 Å². The van der Waals surface area contributed by atoms with E-state index >= 15 is 0 Å². The SMILES string of the molecule is CNCc1[nH]c(Br)nc1-c1ccccn1. The standard InChI is InChI=1S/C10H11BrN4/c1-12-6-8-9(15-10(11)14-8)7-4-2-3-5-13-7/h2-5,12H,6H2,1H3,(H,14,15). The number of imidazole rings is 1. The van der Waals surface area contributed by atoms with Crippen LogP contribution in [-0.2, 0) is 6.54 Å². The van der Waals surface area contributed by atoms with Crippen molar-refractivity contribution in [1.29, 1.82) is 0 Å². The molecule has 0 saturated carbocycles. The lowest BCUT2D eigenvalue weighted by Crippen LogP contribution is -2.06. The quantitative estimate of drug-likeness (QED) is 0.893. The largest absolute Gasteiger partial charge is 0.335 e. The van der Waals surface area contributed by atoms with Crippen molar-refractivity contribution in [2.45, 2.75) is 6.54 Å². The van der Waals surface area contributed by atoms with Gasteiger partial charge in [0, 0.05) is 12.7 Å². The molecule has 15 heavy (non-hydrogen) atoms. The van der Waals surface area contributed by atoms with E-state index in [0.29, 0.717) is 0 Å². The molecule has 0 saturated heterocycles. The lowest BCUT2D eigenvalue weighted by atomic mass is 10.2. The topological polar surface area (TPSA) is 53.6 Å². The van der Waals surface area contributed by atoms with E-state index in [9.17, 15) is 0 Å². The summed E-state index contributed by atoms with van der Waals surface area (Å²) in [6.07, 6.45) is 1.76. The first-order chi connectivity index (χ1) is 7.31. The van der Waals surface area contributed by atoms with Crippen LogP contribution in [0, 0.1) is 0 Å². The van der Waals surface area contributed by atoms with Gasteiger partial charge in [0.25, 0.3) is 0 Å². The number of H-pyrrole nitrogens is 1. The summed E-state index contributed by atoms with van der Waals surface area (Å²) in [5.41, 5.74) is 2.80. The molecule has 0 aliphatic heterocycles. The molecule has 0 unspecified atom stereocenters. The highest BCUT2D eigenvalue weighted by Gasteiger charge is 2.10. The maximum Gasteiger partial charge on any atom is 0.175 e. The Labute approximate surface area is 96.3 Å². The molecule has 2 aromatic heterocycles. The van der Waals surface area contributed by atoms with Crippen LogP contribution in [0.5, 0.6) is 0 Å². The van der Waals surface area contributed by atoms with Crippen molar-refractivity contribution in [2.75, 3.05) is 7.05 Å². The molecule has 0 bridgehead atoms. The highest BCUT2D eigenvalue weighted by atomic mass is 79.9. The Bertz CT molecular complexity index is 438. The number of nitrogens with one attached hydrogen (secondary N) is 2. The van der Waals surface area contributed by atoms with Gasteiger partial charge in [-0.25, -0.2) is 4.98 Å².